The maximum Gasteiger partial charge on any atom is 0.254 e. The molecule has 0 spiro atoms. The minimum atomic E-state index is -0.115. The number of H-pyrrole nitrogens is 1. The van der Waals surface area contributed by atoms with E-state index in [0.29, 0.717) is 5.56 Å². The van der Waals surface area contributed by atoms with Gasteiger partial charge in [0.25, 0.3) is 5.91 Å². The van der Waals surface area contributed by atoms with Crippen LogP contribution in [0.5, 0.6) is 0 Å². The molecular formula is C20H23N5O. The van der Waals surface area contributed by atoms with Crippen molar-refractivity contribution < 1.29 is 4.79 Å². The Kier molecular flexibility index (Phi) is 3.90. The molecule has 2 aromatic heterocycles. The molecule has 1 atom stereocenters. The van der Waals surface area contributed by atoms with E-state index in [2.05, 4.69) is 65.6 Å². The summed E-state index contributed by atoms with van der Waals surface area (Å²) in [5.41, 5.74) is 5.16. The summed E-state index contributed by atoms with van der Waals surface area (Å²) in [5, 5.41) is 14.3. The number of carbonyl (C=O) groups is 1. The molecule has 0 bridgehead atoms. The van der Waals surface area contributed by atoms with Crippen LogP contribution in [0.1, 0.15) is 53.5 Å². The van der Waals surface area contributed by atoms with Crippen molar-refractivity contribution in [3.05, 3.63) is 65.2 Å². The predicted molar refractivity (Wildman–Crippen MR) is 99.2 cm³/mol. The largest absolute Gasteiger partial charge is 0.345 e. The number of amides is 1. The highest BCUT2D eigenvalue weighted by Gasteiger charge is 2.36. The molecule has 0 radical (unpaired) electrons. The summed E-state index contributed by atoms with van der Waals surface area (Å²) in [6.07, 6.45) is 6.85. The van der Waals surface area contributed by atoms with Gasteiger partial charge in [-0.1, -0.05) is 31.5 Å². The molecule has 1 aromatic carbocycles. The lowest BCUT2D eigenvalue weighted by atomic mass is 9.74. The van der Waals surface area contributed by atoms with Gasteiger partial charge in [-0.3, -0.25) is 9.89 Å². The molecule has 0 saturated carbocycles. The van der Waals surface area contributed by atoms with Gasteiger partial charge in [-0.25, -0.2) is 4.68 Å². The van der Waals surface area contributed by atoms with Crippen LogP contribution in [-0.4, -0.2) is 25.9 Å². The van der Waals surface area contributed by atoms with Gasteiger partial charge in [-0.05, 0) is 37.3 Å². The third-order valence-corrected chi connectivity index (χ3v) is 5.02. The number of benzene rings is 1. The van der Waals surface area contributed by atoms with E-state index in [4.69, 9.17) is 0 Å². The normalized spacial score (nSPS) is 18.3. The first-order valence-corrected chi connectivity index (χ1v) is 8.86. The van der Waals surface area contributed by atoms with E-state index in [0.717, 1.165) is 24.1 Å². The summed E-state index contributed by atoms with van der Waals surface area (Å²) in [4.78, 5) is 12.5. The minimum absolute atomic E-state index is 0.0599. The van der Waals surface area contributed by atoms with Gasteiger partial charge in [0.05, 0.1) is 35.4 Å². The summed E-state index contributed by atoms with van der Waals surface area (Å²) in [6.45, 7) is 6.55. The fourth-order valence-corrected chi connectivity index (χ4v) is 3.70. The Bertz CT molecular complexity index is 922. The second-order valence-corrected chi connectivity index (χ2v) is 7.85. The molecule has 1 aliphatic rings. The molecule has 2 heterocycles. The number of carbonyl (C=O) groups excluding carboxylic acids is 1. The van der Waals surface area contributed by atoms with Crippen molar-refractivity contribution in [2.75, 3.05) is 0 Å². The fourth-order valence-electron chi connectivity index (χ4n) is 3.70. The van der Waals surface area contributed by atoms with Crippen LogP contribution >= 0.6 is 0 Å². The predicted octanol–water partition coefficient (Wildman–Crippen LogP) is 3.35. The van der Waals surface area contributed by atoms with E-state index in [1.807, 2.05) is 10.9 Å². The van der Waals surface area contributed by atoms with Gasteiger partial charge in [0.2, 0.25) is 0 Å². The van der Waals surface area contributed by atoms with E-state index in [9.17, 15) is 4.79 Å². The third-order valence-electron chi connectivity index (χ3n) is 5.02. The van der Waals surface area contributed by atoms with E-state index in [1.54, 1.807) is 12.4 Å². The van der Waals surface area contributed by atoms with Crippen molar-refractivity contribution in [3.63, 3.8) is 0 Å². The van der Waals surface area contributed by atoms with Gasteiger partial charge in [-0.2, -0.15) is 10.2 Å². The highest BCUT2D eigenvalue weighted by molar-refractivity contribution is 5.93. The average Bonchev–Trinajstić information content (AvgIpc) is 3.24. The first-order chi connectivity index (χ1) is 12.4. The average molecular weight is 349 g/mol. The molecule has 6 heteroatoms. The van der Waals surface area contributed by atoms with Gasteiger partial charge in [0, 0.05) is 11.8 Å². The monoisotopic (exact) mass is 349 g/mol. The topological polar surface area (TPSA) is 75.6 Å². The number of hydrogen-bond acceptors (Lipinski definition) is 3. The number of nitrogens with zero attached hydrogens (tertiary/aromatic N) is 3. The first-order valence-electron chi connectivity index (χ1n) is 8.86. The molecule has 0 saturated heterocycles. The molecule has 2 N–H and O–H groups in total. The van der Waals surface area contributed by atoms with Gasteiger partial charge in [0.15, 0.2) is 0 Å². The molecule has 3 aromatic rings. The van der Waals surface area contributed by atoms with Crippen molar-refractivity contribution in [3.8, 4) is 5.69 Å². The lowest BCUT2D eigenvalue weighted by Crippen LogP contribution is -2.36. The van der Waals surface area contributed by atoms with E-state index < -0.39 is 0 Å². The van der Waals surface area contributed by atoms with Crippen LogP contribution in [0.25, 0.3) is 5.69 Å². The zero-order chi connectivity index (χ0) is 18.3. The van der Waals surface area contributed by atoms with Crippen LogP contribution < -0.4 is 5.32 Å². The molecule has 0 fully saturated rings. The Morgan fingerprint density at radius 3 is 2.73 bits per heavy atom. The van der Waals surface area contributed by atoms with Crippen molar-refractivity contribution in [1.82, 2.24) is 25.3 Å². The molecular weight excluding hydrogens is 326 g/mol. The smallest absolute Gasteiger partial charge is 0.254 e. The molecule has 1 aliphatic carbocycles. The van der Waals surface area contributed by atoms with Crippen molar-refractivity contribution in [2.24, 2.45) is 5.41 Å². The standard InChI is InChI=1S/C20H23N5O/c1-13-4-6-15(7-5-13)25-18-9-20(2,3)8-17(16(18)12-23-25)24-19(26)14-10-21-22-11-14/h4-7,10-12,17H,8-9H2,1-3H3,(H,21,22)(H,24,26). The number of aromatic nitrogens is 4. The number of hydrogen-bond donors (Lipinski definition) is 2. The lowest BCUT2D eigenvalue weighted by molar-refractivity contribution is 0.0919. The lowest BCUT2D eigenvalue weighted by Gasteiger charge is -2.35. The Labute approximate surface area is 152 Å². The van der Waals surface area contributed by atoms with Crippen LogP contribution in [0.3, 0.4) is 0 Å². The number of rotatable bonds is 3. The first kappa shape index (κ1) is 16.6. The summed E-state index contributed by atoms with van der Waals surface area (Å²) >= 11 is 0. The quantitative estimate of drug-likeness (QED) is 0.761. The second kappa shape index (κ2) is 6.12. The van der Waals surface area contributed by atoms with E-state index >= 15 is 0 Å². The van der Waals surface area contributed by atoms with E-state index in [1.165, 1.54) is 11.3 Å². The maximum absolute atomic E-state index is 12.5. The van der Waals surface area contributed by atoms with Gasteiger partial charge < -0.3 is 5.32 Å². The highest BCUT2D eigenvalue weighted by atomic mass is 16.1. The second-order valence-electron chi connectivity index (χ2n) is 7.85. The Morgan fingerprint density at radius 2 is 2.04 bits per heavy atom. The SMILES string of the molecule is Cc1ccc(-n2ncc3c2CC(C)(C)CC3NC(=O)c2cn[nH]c2)cc1. The summed E-state index contributed by atoms with van der Waals surface area (Å²) in [5.74, 6) is -0.115. The molecule has 4 rings (SSSR count). The molecule has 1 unspecified atom stereocenters. The van der Waals surface area contributed by atoms with Crippen molar-refractivity contribution in [2.45, 2.75) is 39.7 Å². The van der Waals surface area contributed by atoms with Gasteiger partial charge in [-0.15, -0.1) is 0 Å². The third kappa shape index (κ3) is 3.03. The molecule has 26 heavy (non-hydrogen) atoms. The van der Waals surface area contributed by atoms with Gasteiger partial charge in [0.1, 0.15) is 0 Å². The zero-order valence-electron chi connectivity index (χ0n) is 15.3. The highest BCUT2D eigenvalue weighted by Crippen LogP contribution is 2.41. The summed E-state index contributed by atoms with van der Waals surface area (Å²) in [7, 11) is 0. The molecule has 134 valence electrons. The fraction of sp³-hybridized carbons (Fsp3) is 0.350. The van der Waals surface area contributed by atoms with Crippen LogP contribution in [0.15, 0.2) is 42.9 Å². The summed E-state index contributed by atoms with van der Waals surface area (Å²) in [6, 6.07) is 8.30. The molecule has 6 nitrogen and oxygen atoms in total. The van der Waals surface area contributed by atoms with Crippen molar-refractivity contribution in [1.29, 1.82) is 0 Å². The molecule has 1 amide bonds. The number of fused-ring (bicyclic) bond motifs is 1. The van der Waals surface area contributed by atoms with Crippen LogP contribution in [0, 0.1) is 12.3 Å². The maximum atomic E-state index is 12.5. The van der Waals surface area contributed by atoms with Crippen LogP contribution in [0.2, 0.25) is 0 Å². The number of nitrogens with one attached hydrogen (secondary N) is 2. The van der Waals surface area contributed by atoms with Gasteiger partial charge >= 0.3 is 0 Å². The Morgan fingerprint density at radius 1 is 1.27 bits per heavy atom. The number of aryl methyl sites for hydroxylation is 1. The number of aromatic amines is 1. The Hall–Kier alpha value is -2.89. The van der Waals surface area contributed by atoms with Crippen molar-refractivity contribution >= 4 is 5.91 Å². The Balaban J connectivity index is 1.69. The summed E-state index contributed by atoms with van der Waals surface area (Å²) < 4.78 is 2.01. The minimum Gasteiger partial charge on any atom is -0.345 e. The van der Waals surface area contributed by atoms with Crippen LogP contribution in [0.4, 0.5) is 0 Å². The molecule has 0 aliphatic heterocycles. The van der Waals surface area contributed by atoms with Crippen LogP contribution in [-0.2, 0) is 6.42 Å². The zero-order valence-corrected chi connectivity index (χ0v) is 15.3. The van der Waals surface area contributed by atoms with E-state index in [-0.39, 0.29) is 17.4 Å².